The lowest BCUT2D eigenvalue weighted by atomic mass is 10.2. The molecule has 102 valence electrons. The second-order valence-corrected chi connectivity index (χ2v) is 5.87. The number of hydrogen-bond acceptors (Lipinski definition) is 2. The van der Waals surface area contributed by atoms with Crippen molar-refractivity contribution >= 4 is 17.3 Å². The maximum atomic E-state index is 4.65. The standard InChI is InChI=1S/C14H25N3S/c1-5-15-14(16-11-12(2)3)17(4)9-8-13-7-6-10-18-13/h6-7,10,12H,5,8-9,11H2,1-4H3,(H,15,16). The molecule has 0 aliphatic carbocycles. The molecule has 1 aromatic heterocycles. The molecule has 1 rings (SSSR count). The minimum atomic E-state index is 0.601. The molecule has 0 aromatic carbocycles. The average molecular weight is 267 g/mol. The lowest BCUT2D eigenvalue weighted by Crippen LogP contribution is -2.40. The van der Waals surface area contributed by atoms with Crippen LogP contribution in [0.1, 0.15) is 25.6 Å². The van der Waals surface area contributed by atoms with E-state index in [1.54, 1.807) is 0 Å². The first-order valence-corrected chi connectivity index (χ1v) is 7.53. The Kier molecular flexibility index (Phi) is 6.80. The van der Waals surface area contributed by atoms with Crippen molar-refractivity contribution in [3.63, 3.8) is 0 Å². The first kappa shape index (κ1) is 15.0. The number of thiophene rings is 1. The fourth-order valence-electron chi connectivity index (χ4n) is 1.58. The third kappa shape index (κ3) is 5.54. The molecule has 1 N–H and O–H groups in total. The summed E-state index contributed by atoms with van der Waals surface area (Å²) in [4.78, 5) is 8.29. The number of aliphatic imine (C=N–C) groups is 1. The van der Waals surface area contributed by atoms with E-state index in [4.69, 9.17) is 0 Å². The third-order valence-corrected chi connectivity index (χ3v) is 3.51. The van der Waals surface area contributed by atoms with Crippen LogP contribution in [0.5, 0.6) is 0 Å². The molecular formula is C14H25N3S. The molecule has 0 saturated heterocycles. The van der Waals surface area contributed by atoms with Crippen molar-refractivity contribution in [2.75, 3.05) is 26.7 Å². The monoisotopic (exact) mass is 267 g/mol. The molecule has 0 bridgehead atoms. The molecular weight excluding hydrogens is 242 g/mol. The van der Waals surface area contributed by atoms with Crippen molar-refractivity contribution in [3.8, 4) is 0 Å². The highest BCUT2D eigenvalue weighted by molar-refractivity contribution is 7.09. The van der Waals surface area contributed by atoms with Gasteiger partial charge in [-0.3, -0.25) is 4.99 Å². The maximum Gasteiger partial charge on any atom is 0.193 e. The molecule has 18 heavy (non-hydrogen) atoms. The number of rotatable bonds is 6. The number of guanidine groups is 1. The highest BCUT2D eigenvalue weighted by atomic mass is 32.1. The molecule has 0 spiro atoms. The fraction of sp³-hybridized carbons (Fsp3) is 0.643. The Bertz CT molecular complexity index is 344. The quantitative estimate of drug-likeness (QED) is 0.634. The molecule has 0 radical (unpaired) electrons. The highest BCUT2D eigenvalue weighted by Gasteiger charge is 2.06. The van der Waals surface area contributed by atoms with E-state index in [9.17, 15) is 0 Å². The summed E-state index contributed by atoms with van der Waals surface area (Å²) in [5.74, 6) is 1.62. The summed E-state index contributed by atoms with van der Waals surface area (Å²) in [7, 11) is 2.11. The van der Waals surface area contributed by atoms with Gasteiger partial charge in [0.15, 0.2) is 5.96 Å². The molecule has 4 heteroatoms. The van der Waals surface area contributed by atoms with Gasteiger partial charge in [-0.2, -0.15) is 0 Å². The summed E-state index contributed by atoms with van der Waals surface area (Å²) in [6, 6.07) is 4.30. The Labute approximate surface area is 115 Å². The minimum Gasteiger partial charge on any atom is -0.357 e. The number of nitrogens with zero attached hydrogens (tertiary/aromatic N) is 2. The van der Waals surface area contributed by atoms with Crippen molar-refractivity contribution < 1.29 is 0 Å². The average Bonchev–Trinajstić information content (AvgIpc) is 2.84. The van der Waals surface area contributed by atoms with Crippen LogP contribution in [0.15, 0.2) is 22.5 Å². The van der Waals surface area contributed by atoms with Gasteiger partial charge in [-0.05, 0) is 30.7 Å². The maximum absolute atomic E-state index is 4.65. The predicted octanol–water partition coefficient (Wildman–Crippen LogP) is 2.84. The van der Waals surface area contributed by atoms with Gasteiger partial charge < -0.3 is 10.2 Å². The van der Waals surface area contributed by atoms with Crippen molar-refractivity contribution in [1.29, 1.82) is 0 Å². The van der Waals surface area contributed by atoms with Gasteiger partial charge in [-0.15, -0.1) is 11.3 Å². The smallest absolute Gasteiger partial charge is 0.193 e. The minimum absolute atomic E-state index is 0.601. The topological polar surface area (TPSA) is 27.6 Å². The van der Waals surface area contributed by atoms with E-state index in [2.05, 4.69) is 60.5 Å². The zero-order valence-electron chi connectivity index (χ0n) is 11.9. The molecule has 0 saturated carbocycles. The number of likely N-dealkylation sites (N-methyl/N-ethyl adjacent to an activating group) is 1. The van der Waals surface area contributed by atoms with E-state index in [-0.39, 0.29) is 0 Å². The van der Waals surface area contributed by atoms with E-state index in [1.165, 1.54) is 4.88 Å². The van der Waals surface area contributed by atoms with Crippen LogP contribution < -0.4 is 5.32 Å². The molecule has 0 fully saturated rings. The molecule has 0 aliphatic rings. The molecule has 0 unspecified atom stereocenters. The molecule has 0 atom stereocenters. The molecule has 1 heterocycles. The first-order chi connectivity index (χ1) is 8.63. The van der Waals surface area contributed by atoms with Gasteiger partial charge in [0, 0.05) is 31.6 Å². The zero-order chi connectivity index (χ0) is 13.4. The second-order valence-electron chi connectivity index (χ2n) is 4.84. The van der Waals surface area contributed by atoms with Crippen LogP contribution in [-0.2, 0) is 6.42 Å². The SMILES string of the molecule is CCNC(=NCC(C)C)N(C)CCc1cccs1. The van der Waals surface area contributed by atoms with Gasteiger partial charge >= 0.3 is 0 Å². The summed E-state index contributed by atoms with van der Waals surface area (Å²) < 4.78 is 0. The Morgan fingerprint density at radius 2 is 2.28 bits per heavy atom. The lowest BCUT2D eigenvalue weighted by molar-refractivity contribution is 0.483. The normalized spacial score (nSPS) is 11.9. The van der Waals surface area contributed by atoms with E-state index >= 15 is 0 Å². The van der Waals surface area contributed by atoms with Crippen LogP contribution >= 0.6 is 11.3 Å². The van der Waals surface area contributed by atoms with Crippen LogP contribution in [0.4, 0.5) is 0 Å². The fourth-order valence-corrected chi connectivity index (χ4v) is 2.28. The van der Waals surface area contributed by atoms with E-state index in [0.717, 1.165) is 32.0 Å². The second kappa shape index (κ2) is 8.14. The van der Waals surface area contributed by atoms with Crippen LogP contribution in [0.3, 0.4) is 0 Å². The van der Waals surface area contributed by atoms with Gasteiger partial charge in [0.1, 0.15) is 0 Å². The Morgan fingerprint density at radius 1 is 1.50 bits per heavy atom. The van der Waals surface area contributed by atoms with Crippen molar-refractivity contribution in [1.82, 2.24) is 10.2 Å². The molecule has 0 aliphatic heterocycles. The van der Waals surface area contributed by atoms with E-state index in [0.29, 0.717) is 5.92 Å². The summed E-state index contributed by atoms with van der Waals surface area (Å²) in [5, 5.41) is 5.48. The summed E-state index contributed by atoms with van der Waals surface area (Å²) in [6.07, 6.45) is 1.08. The Balaban J connectivity index is 2.48. The highest BCUT2D eigenvalue weighted by Crippen LogP contribution is 2.09. The van der Waals surface area contributed by atoms with Crippen molar-refractivity contribution in [2.45, 2.75) is 27.2 Å². The van der Waals surface area contributed by atoms with E-state index in [1.807, 2.05) is 11.3 Å². The van der Waals surface area contributed by atoms with Gasteiger partial charge in [0.25, 0.3) is 0 Å². The Morgan fingerprint density at radius 3 is 2.83 bits per heavy atom. The largest absolute Gasteiger partial charge is 0.357 e. The van der Waals surface area contributed by atoms with Gasteiger partial charge in [0.2, 0.25) is 0 Å². The predicted molar refractivity (Wildman–Crippen MR) is 81.5 cm³/mol. The molecule has 0 amide bonds. The number of nitrogens with one attached hydrogen (secondary N) is 1. The van der Waals surface area contributed by atoms with Gasteiger partial charge in [-0.25, -0.2) is 0 Å². The first-order valence-electron chi connectivity index (χ1n) is 6.65. The summed E-state index contributed by atoms with van der Waals surface area (Å²) >= 11 is 1.82. The van der Waals surface area contributed by atoms with Crippen LogP contribution in [0.2, 0.25) is 0 Å². The molecule has 1 aromatic rings. The van der Waals surface area contributed by atoms with Crippen LogP contribution in [0, 0.1) is 5.92 Å². The summed E-state index contributed by atoms with van der Waals surface area (Å²) in [5.41, 5.74) is 0. The number of hydrogen-bond donors (Lipinski definition) is 1. The van der Waals surface area contributed by atoms with Crippen LogP contribution in [0.25, 0.3) is 0 Å². The van der Waals surface area contributed by atoms with Crippen LogP contribution in [-0.4, -0.2) is 37.5 Å². The summed E-state index contributed by atoms with van der Waals surface area (Å²) in [6.45, 7) is 9.30. The Hall–Kier alpha value is -1.03. The molecule has 3 nitrogen and oxygen atoms in total. The van der Waals surface area contributed by atoms with Crippen molar-refractivity contribution in [2.24, 2.45) is 10.9 Å². The van der Waals surface area contributed by atoms with Gasteiger partial charge in [0.05, 0.1) is 0 Å². The zero-order valence-corrected chi connectivity index (χ0v) is 12.8. The van der Waals surface area contributed by atoms with E-state index < -0.39 is 0 Å². The van der Waals surface area contributed by atoms with Gasteiger partial charge in [-0.1, -0.05) is 19.9 Å². The lowest BCUT2D eigenvalue weighted by Gasteiger charge is -2.22. The van der Waals surface area contributed by atoms with Crippen molar-refractivity contribution in [3.05, 3.63) is 22.4 Å². The third-order valence-electron chi connectivity index (χ3n) is 2.58.